The normalized spacial score (nSPS) is 14.9. The van der Waals surface area contributed by atoms with E-state index in [4.69, 9.17) is 24.3 Å². The summed E-state index contributed by atoms with van der Waals surface area (Å²) in [4.78, 5) is 22.4. The Morgan fingerprint density at radius 1 is 0.725 bits per heavy atom. The number of nitrogens with two attached hydrogens (primary N) is 1. The molecular weight excluding hydrogens is 665 g/mol. The molecule has 3 unspecified atom stereocenters. The second kappa shape index (κ2) is 37.5. The van der Waals surface area contributed by atoms with Gasteiger partial charge in [-0.15, -0.1) is 0 Å². The Kier molecular flexibility index (Phi) is 35.8. The van der Waals surface area contributed by atoms with Crippen molar-refractivity contribution in [2.24, 2.45) is 5.73 Å². The van der Waals surface area contributed by atoms with Gasteiger partial charge in [0, 0.05) is 13.0 Å². The van der Waals surface area contributed by atoms with Gasteiger partial charge in [0.1, 0.15) is 6.61 Å². The van der Waals surface area contributed by atoms with Gasteiger partial charge in [0.05, 0.1) is 25.6 Å². The average Bonchev–Trinajstić information content (AvgIpc) is 3.11. The summed E-state index contributed by atoms with van der Waals surface area (Å²) in [6.07, 6.45) is 43.3. The van der Waals surface area contributed by atoms with Crippen molar-refractivity contribution < 1.29 is 37.9 Å². The fraction of sp³-hybridized carbons (Fsp3) is 0.683. The summed E-state index contributed by atoms with van der Waals surface area (Å²) < 4.78 is 33.0. The first-order chi connectivity index (χ1) is 24.8. The summed E-state index contributed by atoms with van der Waals surface area (Å²) in [7, 11) is -4.32. The van der Waals surface area contributed by atoms with Crippen LogP contribution in [0.3, 0.4) is 0 Å². The first-order valence-electron chi connectivity index (χ1n) is 19.6. The Morgan fingerprint density at radius 3 is 2.04 bits per heavy atom. The number of phosphoric ester groups is 1. The first kappa shape index (κ1) is 48.7. The molecule has 0 saturated heterocycles. The zero-order valence-electron chi connectivity index (χ0n) is 31.9. The number of unbranched alkanes of at least 4 members (excludes halogenated alkanes) is 13. The van der Waals surface area contributed by atoms with Crippen LogP contribution in [-0.4, -0.2) is 54.5 Å². The Balaban J connectivity index is 4.34. The molecule has 0 aliphatic heterocycles. The second-order valence-electron chi connectivity index (χ2n) is 12.7. The smallest absolute Gasteiger partial charge is 0.472 e. The van der Waals surface area contributed by atoms with Crippen molar-refractivity contribution in [1.29, 1.82) is 0 Å². The fourth-order valence-corrected chi connectivity index (χ4v) is 5.67. The van der Waals surface area contributed by atoms with E-state index >= 15 is 0 Å². The summed E-state index contributed by atoms with van der Waals surface area (Å²) in [5, 5.41) is 10.00. The van der Waals surface area contributed by atoms with Gasteiger partial charge in [-0.2, -0.15) is 0 Å². The number of carbonyl (C=O) groups excluding carboxylic acids is 1. The Hall–Kier alpha value is -2.26. The highest BCUT2D eigenvalue weighted by Crippen LogP contribution is 2.43. The molecule has 4 N–H and O–H groups in total. The first-order valence-corrected chi connectivity index (χ1v) is 21.1. The van der Waals surface area contributed by atoms with Crippen molar-refractivity contribution in [2.45, 2.75) is 154 Å². The van der Waals surface area contributed by atoms with Crippen molar-refractivity contribution in [3.8, 4) is 0 Å². The molecular formula is C41H72NO8P. The van der Waals surface area contributed by atoms with Crippen molar-refractivity contribution in [3.05, 3.63) is 73.1 Å². The molecule has 0 aliphatic carbocycles. The minimum atomic E-state index is -4.32. The van der Waals surface area contributed by atoms with Gasteiger partial charge in [0.15, 0.2) is 6.10 Å². The summed E-state index contributed by atoms with van der Waals surface area (Å²) in [5.41, 5.74) is 5.34. The lowest BCUT2D eigenvalue weighted by Gasteiger charge is -2.19. The third-order valence-corrected chi connectivity index (χ3v) is 8.77. The zero-order valence-corrected chi connectivity index (χ0v) is 32.8. The Morgan fingerprint density at radius 2 is 1.35 bits per heavy atom. The molecule has 0 saturated carbocycles. The standard InChI is InChI=1S/C41H72NO8P/c1-3-5-7-9-11-12-13-14-15-16-19-22-26-30-35-47-37-40(38-49-51(45,46)48-36-34-42)50-41(44)33-29-25-21-18-17-20-24-28-32-39(43)31-27-23-10-8-6-4-2/h6,8,18,20-21,23-24,27-28,30,32,35,39-40,43H,3-5,7,9-17,19,22,25-26,29,31,33-34,36-38,42H2,1-2H3,(H,45,46). The number of ether oxygens (including phenoxy) is 2. The lowest BCUT2D eigenvalue weighted by atomic mass is 10.0. The molecule has 294 valence electrons. The molecule has 0 rings (SSSR count). The number of aliphatic hydroxyl groups is 1. The van der Waals surface area contributed by atoms with Crippen molar-refractivity contribution in [3.63, 3.8) is 0 Å². The molecule has 0 bridgehead atoms. The van der Waals surface area contributed by atoms with E-state index in [0.29, 0.717) is 19.3 Å². The molecule has 0 radical (unpaired) electrons. The van der Waals surface area contributed by atoms with Crippen LogP contribution < -0.4 is 5.73 Å². The van der Waals surface area contributed by atoms with E-state index in [9.17, 15) is 19.4 Å². The number of rotatable bonds is 36. The van der Waals surface area contributed by atoms with Crippen LogP contribution in [0.5, 0.6) is 0 Å². The van der Waals surface area contributed by atoms with Gasteiger partial charge in [-0.05, 0) is 57.4 Å². The Bertz CT molecular complexity index is 1020. The molecule has 9 nitrogen and oxygen atoms in total. The van der Waals surface area contributed by atoms with Gasteiger partial charge >= 0.3 is 13.8 Å². The molecule has 0 fully saturated rings. The molecule has 0 aromatic rings. The van der Waals surface area contributed by atoms with E-state index in [2.05, 4.69) is 32.1 Å². The topological polar surface area (TPSA) is 138 Å². The van der Waals surface area contributed by atoms with Crippen LogP contribution >= 0.6 is 7.82 Å². The number of hydrogen-bond acceptors (Lipinski definition) is 8. The fourth-order valence-electron chi connectivity index (χ4n) is 4.90. The predicted octanol–water partition coefficient (Wildman–Crippen LogP) is 10.5. The van der Waals surface area contributed by atoms with E-state index in [1.54, 1.807) is 12.3 Å². The van der Waals surface area contributed by atoms with E-state index in [1.807, 2.05) is 42.5 Å². The predicted molar refractivity (Wildman–Crippen MR) is 211 cm³/mol. The van der Waals surface area contributed by atoms with Crippen LogP contribution in [0, 0.1) is 0 Å². The quantitative estimate of drug-likeness (QED) is 0.0143. The van der Waals surface area contributed by atoms with Crippen molar-refractivity contribution in [1.82, 2.24) is 0 Å². The van der Waals surface area contributed by atoms with Crippen LogP contribution in [0.15, 0.2) is 73.1 Å². The van der Waals surface area contributed by atoms with E-state index < -0.39 is 26.0 Å². The number of carbonyl (C=O) groups is 1. The number of aliphatic hydroxyl groups excluding tert-OH is 1. The average molecular weight is 738 g/mol. The molecule has 3 atom stereocenters. The number of allylic oxidation sites excluding steroid dienone is 9. The largest absolute Gasteiger partial charge is 0.498 e. The van der Waals surface area contributed by atoms with Crippen LogP contribution in [0.4, 0.5) is 0 Å². The number of esters is 1. The summed E-state index contributed by atoms with van der Waals surface area (Å²) in [6, 6.07) is 0. The summed E-state index contributed by atoms with van der Waals surface area (Å²) in [5.74, 6) is -0.437. The Labute approximate surface area is 310 Å². The van der Waals surface area contributed by atoms with E-state index in [0.717, 1.165) is 32.1 Å². The summed E-state index contributed by atoms with van der Waals surface area (Å²) in [6.45, 7) is 3.94. The molecule has 0 amide bonds. The molecule has 0 spiro atoms. The highest BCUT2D eigenvalue weighted by atomic mass is 31.2. The molecule has 0 aromatic heterocycles. The molecule has 0 aromatic carbocycles. The van der Waals surface area contributed by atoms with E-state index in [1.165, 1.54) is 70.6 Å². The summed E-state index contributed by atoms with van der Waals surface area (Å²) >= 11 is 0. The SMILES string of the molecule is CCC=CCC=CCC(O)C=CC=CCC=CCCCC(=O)OC(COC=CCCCCCCCCCCCCCC)COP(=O)(O)OCCN. The highest BCUT2D eigenvalue weighted by molar-refractivity contribution is 7.47. The van der Waals surface area contributed by atoms with Crippen molar-refractivity contribution in [2.75, 3.05) is 26.4 Å². The highest BCUT2D eigenvalue weighted by Gasteiger charge is 2.25. The van der Waals surface area contributed by atoms with Gasteiger partial charge in [-0.1, -0.05) is 145 Å². The van der Waals surface area contributed by atoms with Gasteiger partial charge in [-0.3, -0.25) is 13.8 Å². The molecule has 0 aliphatic rings. The lowest BCUT2D eigenvalue weighted by Crippen LogP contribution is -2.27. The van der Waals surface area contributed by atoms with Crippen LogP contribution in [0.25, 0.3) is 0 Å². The molecule has 51 heavy (non-hydrogen) atoms. The molecule has 10 heteroatoms. The lowest BCUT2D eigenvalue weighted by molar-refractivity contribution is -0.153. The molecule has 0 heterocycles. The van der Waals surface area contributed by atoms with Crippen LogP contribution in [-0.2, 0) is 27.9 Å². The van der Waals surface area contributed by atoms with Gasteiger partial charge in [0.2, 0.25) is 0 Å². The second-order valence-corrected chi connectivity index (χ2v) is 14.1. The zero-order chi connectivity index (χ0) is 37.5. The van der Waals surface area contributed by atoms with Crippen molar-refractivity contribution >= 4 is 13.8 Å². The van der Waals surface area contributed by atoms with Crippen LogP contribution in [0.1, 0.15) is 142 Å². The maximum absolute atomic E-state index is 12.5. The third-order valence-electron chi connectivity index (χ3n) is 7.78. The minimum absolute atomic E-state index is 0.0113. The van der Waals surface area contributed by atoms with E-state index in [-0.39, 0.29) is 32.8 Å². The maximum Gasteiger partial charge on any atom is 0.472 e. The number of phosphoric acid groups is 1. The number of hydrogen-bond donors (Lipinski definition) is 3. The van der Waals surface area contributed by atoms with Crippen LogP contribution in [0.2, 0.25) is 0 Å². The third kappa shape index (κ3) is 37.3. The minimum Gasteiger partial charge on any atom is -0.498 e. The van der Waals surface area contributed by atoms with Gasteiger partial charge in [-0.25, -0.2) is 4.57 Å². The van der Waals surface area contributed by atoms with Gasteiger partial charge < -0.3 is 25.2 Å². The maximum atomic E-state index is 12.5. The van der Waals surface area contributed by atoms with Gasteiger partial charge in [0.25, 0.3) is 0 Å². The monoisotopic (exact) mass is 737 g/mol.